The first-order chi connectivity index (χ1) is 9.47. The third-order valence-corrected chi connectivity index (χ3v) is 4.30. The van der Waals surface area contributed by atoms with Gasteiger partial charge in [0.05, 0.1) is 0 Å². The lowest BCUT2D eigenvalue weighted by Gasteiger charge is -2.18. The van der Waals surface area contributed by atoms with Crippen molar-refractivity contribution in [3.05, 3.63) is 63.0 Å². The van der Waals surface area contributed by atoms with E-state index in [9.17, 15) is 4.39 Å². The minimum absolute atomic E-state index is 0.190. The fourth-order valence-corrected chi connectivity index (χ4v) is 2.73. The molecule has 20 heavy (non-hydrogen) atoms. The number of halogens is 2. The van der Waals surface area contributed by atoms with Crippen molar-refractivity contribution >= 4 is 28.3 Å². The molecule has 1 N–H and O–H groups in total. The molecule has 0 aliphatic rings. The maximum atomic E-state index is 13.1. The lowest BCUT2D eigenvalue weighted by atomic mass is 9.99. The fraction of sp³-hybridized carbons (Fsp3) is 0.294. The molecule has 1 nitrogen and oxygen atoms in total. The van der Waals surface area contributed by atoms with E-state index < -0.39 is 0 Å². The monoisotopic (exact) mass is 383 g/mol. The van der Waals surface area contributed by atoms with Gasteiger partial charge in [0.1, 0.15) is 5.82 Å². The van der Waals surface area contributed by atoms with Crippen molar-refractivity contribution in [2.45, 2.75) is 32.7 Å². The summed E-state index contributed by atoms with van der Waals surface area (Å²) in [5.41, 5.74) is 3.54. The Balaban J connectivity index is 2.13. The third-order valence-electron chi connectivity index (χ3n) is 3.41. The van der Waals surface area contributed by atoms with E-state index in [0.717, 1.165) is 9.26 Å². The van der Waals surface area contributed by atoms with Crippen molar-refractivity contribution in [3.8, 4) is 0 Å². The molecule has 106 valence electrons. The maximum Gasteiger partial charge on any atom is 0.124 e. The summed E-state index contributed by atoms with van der Waals surface area (Å²) < 4.78 is 14.0. The summed E-state index contributed by atoms with van der Waals surface area (Å²) in [6, 6.07) is 13.7. The van der Waals surface area contributed by atoms with E-state index in [1.54, 1.807) is 6.07 Å². The Morgan fingerprint density at radius 3 is 2.10 bits per heavy atom. The van der Waals surface area contributed by atoms with Gasteiger partial charge in [-0.05, 0) is 64.8 Å². The molecule has 0 bridgehead atoms. The predicted molar refractivity (Wildman–Crippen MR) is 91.7 cm³/mol. The largest absolute Gasteiger partial charge is 0.378 e. The molecule has 0 radical (unpaired) electrons. The zero-order valence-electron chi connectivity index (χ0n) is 12.0. The van der Waals surface area contributed by atoms with Gasteiger partial charge in [0.2, 0.25) is 0 Å². The quantitative estimate of drug-likeness (QED) is 0.666. The van der Waals surface area contributed by atoms with E-state index in [1.807, 2.05) is 0 Å². The Kier molecular flexibility index (Phi) is 5.02. The van der Waals surface area contributed by atoms with Crippen molar-refractivity contribution < 1.29 is 4.39 Å². The van der Waals surface area contributed by atoms with E-state index >= 15 is 0 Å². The van der Waals surface area contributed by atoms with Crippen molar-refractivity contribution in [1.29, 1.82) is 0 Å². The molecular weight excluding hydrogens is 364 g/mol. The number of anilines is 1. The van der Waals surface area contributed by atoms with Crippen LogP contribution in [0.1, 0.15) is 43.9 Å². The molecule has 0 saturated heterocycles. The van der Waals surface area contributed by atoms with Crippen LogP contribution in [0.3, 0.4) is 0 Å². The van der Waals surface area contributed by atoms with Gasteiger partial charge in [0.15, 0.2) is 0 Å². The van der Waals surface area contributed by atoms with E-state index in [0.29, 0.717) is 5.92 Å². The summed E-state index contributed by atoms with van der Waals surface area (Å²) in [5.74, 6) is 0.347. The van der Waals surface area contributed by atoms with Crippen LogP contribution in [0, 0.1) is 9.39 Å². The molecule has 2 aromatic carbocycles. The second kappa shape index (κ2) is 6.57. The lowest BCUT2D eigenvalue weighted by Crippen LogP contribution is -2.08. The van der Waals surface area contributed by atoms with Gasteiger partial charge in [-0.15, -0.1) is 0 Å². The molecule has 0 heterocycles. The van der Waals surface area contributed by atoms with Crippen LogP contribution in [-0.2, 0) is 0 Å². The SMILES string of the molecule is CC(C)c1ccc(C(C)Nc2ccc(F)cc2I)cc1. The number of hydrogen-bond donors (Lipinski definition) is 1. The second-order valence-electron chi connectivity index (χ2n) is 5.31. The van der Waals surface area contributed by atoms with Crippen LogP contribution in [-0.4, -0.2) is 0 Å². The molecular formula is C17H19FIN. The van der Waals surface area contributed by atoms with Crippen LogP contribution in [0.25, 0.3) is 0 Å². The highest BCUT2D eigenvalue weighted by Gasteiger charge is 2.08. The molecule has 2 aromatic rings. The molecule has 0 fully saturated rings. The van der Waals surface area contributed by atoms with E-state index in [2.05, 4.69) is 72.9 Å². The zero-order valence-corrected chi connectivity index (χ0v) is 14.1. The van der Waals surface area contributed by atoms with Crippen LogP contribution in [0.15, 0.2) is 42.5 Å². The van der Waals surface area contributed by atoms with Gasteiger partial charge in [0, 0.05) is 15.3 Å². The van der Waals surface area contributed by atoms with Crippen LogP contribution in [0.5, 0.6) is 0 Å². The molecule has 0 amide bonds. The maximum absolute atomic E-state index is 13.1. The fourth-order valence-electron chi connectivity index (χ4n) is 2.09. The number of nitrogens with one attached hydrogen (secondary N) is 1. The Morgan fingerprint density at radius 1 is 0.950 bits per heavy atom. The molecule has 3 heteroatoms. The van der Waals surface area contributed by atoms with Crippen molar-refractivity contribution in [1.82, 2.24) is 0 Å². The van der Waals surface area contributed by atoms with Crippen LogP contribution in [0.4, 0.5) is 10.1 Å². The molecule has 0 saturated carbocycles. The highest BCUT2D eigenvalue weighted by Crippen LogP contribution is 2.25. The van der Waals surface area contributed by atoms with Crippen molar-refractivity contribution in [2.75, 3.05) is 5.32 Å². The highest BCUT2D eigenvalue weighted by atomic mass is 127. The summed E-state index contributed by atoms with van der Waals surface area (Å²) in [6.07, 6.45) is 0. The van der Waals surface area contributed by atoms with Gasteiger partial charge in [-0.2, -0.15) is 0 Å². The second-order valence-corrected chi connectivity index (χ2v) is 6.47. The van der Waals surface area contributed by atoms with Crippen LogP contribution in [0.2, 0.25) is 0 Å². The van der Waals surface area contributed by atoms with Crippen molar-refractivity contribution in [2.24, 2.45) is 0 Å². The molecule has 1 atom stereocenters. The first kappa shape index (κ1) is 15.3. The van der Waals surface area contributed by atoms with Crippen molar-refractivity contribution in [3.63, 3.8) is 0 Å². The molecule has 0 aliphatic heterocycles. The van der Waals surface area contributed by atoms with Crippen LogP contribution >= 0.6 is 22.6 Å². The summed E-state index contributed by atoms with van der Waals surface area (Å²) in [7, 11) is 0. The Morgan fingerprint density at radius 2 is 1.55 bits per heavy atom. The zero-order chi connectivity index (χ0) is 14.7. The minimum Gasteiger partial charge on any atom is -0.378 e. The Hall–Kier alpha value is -1.10. The molecule has 0 aliphatic carbocycles. The van der Waals surface area contributed by atoms with E-state index in [-0.39, 0.29) is 11.9 Å². The van der Waals surface area contributed by atoms with Gasteiger partial charge in [0.25, 0.3) is 0 Å². The van der Waals surface area contributed by atoms with Gasteiger partial charge in [-0.3, -0.25) is 0 Å². The summed E-state index contributed by atoms with van der Waals surface area (Å²) >= 11 is 2.15. The molecule has 1 unspecified atom stereocenters. The standard InChI is InChI=1S/C17H19FIN/c1-11(2)13-4-6-14(7-5-13)12(3)20-17-9-8-15(18)10-16(17)19/h4-12,20H,1-3H3. The van der Waals surface area contributed by atoms with E-state index in [1.165, 1.54) is 23.3 Å². The topological polar surface area (TPSA) is 12.0 Å². The summed E-state index contributed by atoms with van der Waals surface area (Å²) in [6.45, 7) is 6.50. The first-order valence-electron chi connectivity index (χ1n) is 6.79. The minimum atomic E-state index is -0.200. The summed E-state index contributed by atoms with van der Waals surface area (Å²) in [5, 5.41) is 3.43. The summed E-state index contributed by atoms with van der Waals surface area (Å²) in [4.78, 5) is 0. The molecule has 0 spiro atoms. The smallest absolute Gasteiger partial charge is 0.124 e. The highest BCUT2D eigenvalue weighted by molar-refractivity contribution is 14.1. The van der Waals surface area contributed by atoms with Gasteiger partial charge < -0.3 is 5.32 Å². The van der Waals surface area contributed by atoms with Gasteiger partial charge in [-0.1, -0.05) is 38.1 Å². The lowest BCUT2D eigenvalue weighted by molar-refractivity contribution is 0.627. The average Bonchev–Trinajstić information content (AvgIpc) is 2.42. The normalized spacial score (nSPS) is 12.5. The third kappa shape index (κ3) is 3.72. The number of benzene rings is 2. The van der Waals surface area contributed by atoms with E-state index in [4.69, 9.17) is 0 Å². The number of rotatable bonds is 4. The van der Waals surface area contributed by atoms with Gasteiger partial charge >= 0.3 is 0 Å². The first-order valence-corrected chi connectivity index (χ1v) is 7.86. The molecule has 2 rings (SSSR count). The van der Waals surface area contributed by atoms with Crippen LogP contribution < -0.4 is 5.32 Å². The Bertz CT molecular complexity index is 578. The average molecular weight is 383 g/mol. The molecule has 0 aromatic heterocycles. The Labute approximate surface area is 133 Å². The number of hydrogen-bond acceptors (Lipinski definition) is 1. The predicted octanol–water partition coefficient (Wildman–Crippen LogP) is 5.73. The van der Waals surface area contributed by atoms with Gasteiger partial charge in [-0.25, -0.2) is 4.39 Å².